The minimum atomic E-state index is 0.202. The maximum atomic E-state index is 5.41. The topological polar surface area (TPSA) is 211 Å². The number of aromatic nitrogens is 16. The van der Waals surface area contributed by atoms with Crippen LogP contribution in [-0.4, -0.2) is 109 Å². The van der Waals surface area contributed by atoms with Crippen molar-refractivity contribution >= 4 is 11.1 Å². The predicted octanol–water partition coefficient (Wildman–Crippen LogP) is 2.63. The summed E-state index contributed by atoms with van der Waals surface area (Å²) in [4.78, 5) is 0. The smallest absolute Gasteiger partial charge is 0.191 e. The minimum absolute atomic E-state index is 0.202. The summed E-state index contributed by atoms with van der Waals surface area (Å²) in [6.45, 7) is 0. The zero-order valence-corrected chi connectivity index (χ0v) is 29.0. The lowest BCUT2D eigenvalue weighted by Crippen LogP contribution is -2.15. The van der Waals surface area contributed by atoms with E-state index in [2.05, 4.69) is 62.1 Å². The SMILES string of the molecule is COc1ccc(-n2nnnc2C(=C(c2nnnn2-c2ccc(OC)cc2)c2nnnn2-c2ccc(OC)cc2)c2nnnn2-c2ccc(OC)cc2)cc1. The van der Waals surface area contributed by atoms with Gasteiger partial charge in [0, 0.05) is 0 Å². The average Bonchev–Trinajstić information content (AvgIpc) is 4.08. The third-order valence-electron chi connectivity index (χ3n) is 8.29. The number of tetrazole rings is 4. The molecule has 0 aliphatic rings. The second-order valence-electron chi connectivity index (χ2n) is 11.2. The lowest BCUT2D eigenvalue weighted by Gasteiger charge is -2.16. The van der Waals surface area contributed by atoms with Crippen LogP contribution in [0.25, 0.3) is 33.9 Å². The Bertz CT molecular complexity index is 2190. The first-order valence-electron chi connectivity index (χ1n) is 16.1. The fourth-order valence-electron chi connectivity index (χ4n) is 5.61. The highest BCUT2D eigenvalue weighted by Gasteiger charge is 2.33. The van der Waals surface area contributed by atoms with Gasteiger partial charge in [0.1, 0.15) is 23.0 Å². The maximum absolute atomic E-state index is 5.41. The lowest BCUT2D eigenvalue weighted by atomic mass is 10.0. The molecule has 20 nitrogen and oxygen atoms in total. The second kappa shape index (κ2) is 14.4. The molecular weight excluding hydrogens is 696 g/mol. The predicted molar refractivity (Wildman–Crippen MR) is 188 cm³/mol. The zero-order valence-electron chi connectivity index (χ0n) is 29.0. The molecular formula is C34H28N16O4. The molecule has 268 valence electrons. The molecule has 8 aromatic rings. The summed E-state index contributed by atoms with van der Waals surface area (Å²) < 4.78 is 27.8. The highest BCUT2D eigenvalue weighted by molar-refractivity contribution is 5.99. The number of ether oxygens (including phenoxy) is 4. The summed E-state index contributed by atoms with van der Waals surface area (Å²) in [6.07, 6.45) is 0. The van der Waals surface area contributed by atoms with Crippen LogP contribution in [0.1, 0.15) is 23.3 Å². The molecule has 0 unspecified atom stereocenters. The van der Waals surface area contributed by atoms with Crippen molar-refractivity contribution in [2.24, 2.45) is 0 Å². The maximum Gasteiger partial charge on any atom is 0.191 e. The Hall–Kier alpha value is -7.90. The van der Waals surface area contributed by atoms with Gasteiger partial charge in [-0.2, -0.15) is 18.7 Å². The molecule has 4 aromatic heterocycles. The van der Waals surface area contributed by atoms with E-state index in [1.165, 1.54) is 18.7 Å². The number of nitrogens with zero attached hydrogens (tertiary/aromatic N) is 16. The van der Waals surface area contributed by atoms with Crippen molar-refractivity contribution in [3.8, 4) is 45.7 Å². The van der Waals surface area contributed by atoms with Gasteiger partial charge in [0.15, 0.2) is 23.3 Å². The molecule has 20 heteroatoms. The largest absolute Gasteiger partial charge is 0.497 e. The van der Waals surface area contributed by atoms with Gasteiger partial charge in [0.2, 0.25) is 0 Å². The van der Waals surface area contributed by atoms with E-state index in [0.717, 1.165) is 0 Å². The molecule has 0 aliphatic carbocycles. The quantitative estimate of drug-likeness (QED) is 0.177. The Balaban J connectivity index is 1.47. The van der Waals surface area contributed by atoms with Crippen LogP contribution in [0.15, 0.2) is 97.1 Å². The molecule has 0 saturated carbocycles. The summed E-state index contributed by atoms with van der Waals surface area (Å²) in [6, 6.07) is 28.8. The van der Waals surface area contributed by atoms with E-state index in [1.54, 1.807) is 77.0 Å². The molecule has 54 heavy (non-hydrogen) atoms. The molecule has 0 saturated heterocycles. The molecule has 4 heterocycles. The highest BCUT2D eigenvalue weighted by Crippen LogP contribution is 2.36. The third kappa shape index (κ3) is 6.08. The first kappa shape index (κ1) is 33.3. The van der Waals surface area contributed by atoms with Gasteiger partial charge in [-0.1, -0.05) is 0 Å². The summed E-state index contributed by atoms with van der Waals surface area (Å²) in [7, 11) is 6.35. The Morgan fingerprint density at radius 1 is 0.333 bits per heavy atom. The van der Waals surface area contributed by atoms with Crippen LogP contribution in [0.3, 0.4) is 0 Å². The Labute approximate surface area is 305 Å². The summed E-state index contributed by atoms with van der Waals surface area (Å²) >= 11 is 0. The van der Waals surface area contributed by atoms with Gasteiger partial charge in [-0.05, 0) is 139 Å². The van der Waals surface area contributed by atoms with E-state index >= 15 is 0 Å². The Morgan fingerprint density at radius 3 is 0.722 bits per heavy atom. The van der Waals surface area contributed by atoms with E-state index in [9.17, 15) is 0 Å². The second-order valence-corrected chi connectivity index (χ2v) is 11.2. The molecule has 0 atom stereocenters. The fraction of sp³-hybridized carbons (Fsp3) is 0.118. The van der Waals surface area contributed by atoms with Gasteiger partial charge < -0.3 is 18.9 Å². The van der Waals surface area contributed by atoms with Crippen molar-refractivity contribution < 1.29 is 18.9 Å². The van der Waals surface area contributed by atoms with Crippen LogP contribution in [0.4, 0.5) is 0 Å². The first-order chi connectivity index (χ1) is 26.6. The molecule has 4 aromatic carbocycles. The molecule has 0 amide bonds. The van der Waals surface area contributed by atoms with Crippen LogP contribution in [0.2, 0.25) is 0 Å². The van der Waals surface area contributed by atoms with E-state index in [4.69, 9.17) is 18.9 Å². The van der Waals surface area contributed by atoms with Gasteiger partial charge >= 0.3 is 0 Å². The van der Waals surface area contributed by atoms with Crippen molar-refractivity contribution in [1.82, 2.24) is 80.8 Å². The van der Waals surface area contributed by atoms with Gasteiger partial charge in [0.05, 0.1) is 62.3 Å². The summed E-state index contributed by atoms with van der Waals surface area (Å²) in [5.41, 5.74) is 2.93. The van der Waals surface area contributed by atoms with Gasteiger partial charge in [-0.15, -0.1) is 20.4 Å². The molecule has 0 N–H and O–H groups in total. The van der Waals surface area contributed by atoms with Crippen LogP contribution < -0.4 is 18.9 Å². The van der Waals surface area contributed by atoms with Gasteiger partial charge in [0.25, 0.3) is 0 Å². The summed E-state index contributed by atoms with van der Waals surface area (Å²) in [5.74, 6) is 3.38. The number of rotatable bonds is 12. The van der Waals surface area contributed by atoms with Crippen LogP contribution >= 0.6 is 0 Å². The van der Waals surface area contributed by atoms with E-state index in [-0.39, 0.29) is 34.4 Å². The van der Waals surface area contributed by atoms with Crippen molar-refractivity contribution in [1.29, 1.82) is 0 Å². The Morgan fingerprint density at radius 2 is 0.537 bits per heavy atom. The number of hydrogen-bond acceptors (Lipinski definition) is 16. The van der Waals surface area contributed by atoms with Crippen LogP contribution in [0, 0.1) is 0 Å². The highest BCUT2D eigenvalue weighted by atomic mass is 16.5. The van der Waals surface area contributed by atoms with Crippen LogP contribution in [-0.2, 0) is 0 Å². The van der Waals surface area contributed by atoms with Crippen molar-refractivity contribution in [2.45, 2.75) is 0 Å². The minimum Gasteiger partial charge on any atom is -0.497 e. The standard InChI is InChI=1S/C34H28N16O4/c1-51-25-13-5-21(6-14-25)47-31(35-39-43-47)29(32-36-40-44-48(32)22-7-15-26(52-2)16-8-22)30(33-37-41-45-49(33)23-9-17-27(53-3)18-10-23)34-38-42-46-50(34)24-11-19-28(54-4)20-12-24/h5-20H,1-4H3. The van der Waals surface area contributed by atoms with Crippen molar-refractivity contribution in [3.63, 3.8) is 0 Å². The first-order valence-corrected chi connectivity index (χ1v) is 16.1. The molecule has 0 aliphatic heterocycles. The normalized spacial score (nSPS) is 11.0. The lowest BCUT2D eigenvalue weighted by molar-refractivity contribution is 0.414. The molecule has 0 bridgehead atoms. The zero-order chi connectivity index (χ0) is 37.0. The van der Waals surface area contributed by atoms with Crippen molar-refractivity contribution in [3.05, 3.63) is 120 Å². The van der Waals surface area contributed by atoms with E-state index in [1.807, 2.05) is 48.5 Å². The average molecular weight is 725 g/mol. The van der Waals surface area contributed by atoms with Gasteiger partial charge in [-0.3, -0.25) is 0 Å². The van der Waals surface area contributed by atoms with E-state index in [0.29, 0.717) is 45.7 Å². The molecule has 0 radical (unpaired) electrons. The number of benzene rings is 4. The number of methoxy groups -OCH3 is 4. The van der Waals surface area contributed by atoms with Crippen molar-refractivity contribution in [2.75, 3.05) is 28.4 Å². The summed E-state index contributed by atoms with van der Waals surface area (Å²) in [5, 5.41) is 52.1. The number of hydrogen-bond donors (Lipinski definition) is 0. The molecule has 0 fully saturated rings. The van der Waals surface area contributed by atoms with E-state index < -0.39 is 0 Å². The third-order valence-corrected chi connectivity index (χ3v) is 8.29. The van der Waals surface area contributed by atoms with Gasteiger partial charge in [-0.25, -0.2) is 0 Å². The monoisotopic (exact) mass is 724 g/mol. The Kier molecular flexibility index (Phi) is 8.86. The molecule has 0 spiro atoms. The molecule has 8 rings (SSSR count). The fourth-order valence-corrected chi connectivity index (χ4v) is 5.61. The van der Waals surface area contributed by atoms with Crippen LogP contribution in [0.5, 0.6) is 23.0 Å².